The van der Waals surface area contributed by atoms with Crippen LogP contribution < -0.4 is 10.6 Å². The maximum absolute atomic E-state index is 10.8. The lowest BCUT2D eigenvalue weighted by Gasteiger charge is -1.96. The molecule has 0 rings (SSSR count). The van der Waals surface area contributed by atoms with Crippen molar-refractivity contribution in [3.63, 3.8) is 0 Å². The number of nitrogens with one attached hydrogen (secondary N) is 2. The van der Waals surface area contributed by atoms with Crippen molar-refractivity contribution < 1.29 is 9.59 Å². The Morgan fingerprint density at radius 2 is 2.08 bits per heavy atom. The van der Waals surface area contributed by atoms with Crippen molar-refractivity contribution in [2.75, 3.05) is 20.1 Å². The van der Waals surface area contributed by atoms with Crippen LogP contribution >= 0.6 is 0 Å². The molecule has 0 bridgehead atoms. The number of ketones is 1. The molecular formula is C8H14N2O2. The third kappa shape index (κ3) is 6.95. The van der Waals surface area contributed by atoms with Gasteiger partial charge in [0.1, 0.15) is 5.78 Å². The molecule has 0 fully saturated rings. The molecule has 0 saturated carbocycles. The molecule has 12 heavy (non-hydrogen) atoms. The van der Waals surface area contributed by atoms with Crippen molar-refractivity contribution in [1.29, 1.82) is 0 Å². The van der Waals surface area contributed by atoms with Crippen LogP contribution in [-0.4, -0.2) is 31.8 Å². The summed E-state index contributed by atoms with van der Waals surface area (Å²) in [5.74, 6) is -0.286. The number of Topliss-reactive ketones (excluding diaryl/α,β-unsaturated/α-hetero) is 1. The summed E-state index contributed by atoms with van der Waals surface area (Å²) in [4.78, 5) is 21.3. The van der Waals surface area contributed by atoms with Gasteiger partial charge in [0.2, 0.25) is 5.91 Å². The number of amides is 1. The molecule has 4 nitrogen and oxygen atoms in total. The topological polar surface area (TPSA) is 58.2 Å². The van der Waals surface area contributed by atoms with Crippen LogP contribution in [0.1, 0.15) is 6.92 Å². The first-order valence-corrected chi connectivity index (χ1v) is 3.75. The van der Waals surface area contributed by atoms with Gasteiger partial charge >= 0.3 is 0 Å². The summed E-state index contributed by atoms with van der Waals surface area (Å²) in [7, 11) is 1.79. The fourth-order valence-corrected chi connectivity index (χ4v) is 0.554. The summed E-state index contributed by atoms with van der Waals surface area (Å²) < 4.78 is 0. The summed E-state index contributed by atoms with van der Waals surface area (Å²) in [6.07, 6.45) is 3.09. The molecule has 0 spiro atoms. The van der Waals surface area contributed by atoms with E-state index in [9.17, 15) is 9.59 Å². The highest BCUT2D eigenvalue weighted by Crippen LogP contribution is 1.72. The van der Waals surface area contributed by atoms with Crippen LogP contribution in [0.4, 0.5) is 0 Å². The van der Waals surface area contributed by atoms with Crippen molar-refractivity contribution in [2.45, 2.75) is 6.92 Å². The quantitative estimate of drug-likeness (QED) is 0.545. The highest BCUT2D eigenvalue weighted by atomic mass is 16.2. The van der Waals surface area contributed by atoms with E-state index in [0.717, 1.165) is 0 Å². The highest BCUT2D eigenvalue weighted by Gasteiger charge is 1.95. The molecule has 0 aliphatic heterocycles. The number of rotatable bonds is 5. The van der Waals surface area contributed by atoms with Gasteiger partial charge in [-0.05, 0) is 14.0 Å². The van der Waals surface area contributed by atoms with Gasteiger partial charge in [-0.2, -0.15) is 0 Å². The number of hydrogen-bond acceptors (Lipinski definition) is 3. The van der Waals surface area contributed by atoms with Gasteiger partial charge < -0.3 is 10.6 Å². The first-order chi connectivity index (χ1) is 5.66. The van der Waals surface area contributed by atoms with Gasteiger partial charge in [-0.1, -0.05) is 6.08 Å². The molecule has 68 valence electrons. The van der Waals surface area contributed by atoms with E-state index in [1.54, 1.807) is 13.1 Å². The van der Waals surface area contributed by atoms with Gasteiger partial charge in [0.25, 0.3) is 0 Å². The predicted molar refractivity (Wildman–Crippen MR) is 46.8 cm³/mol. The molecule has 0 aliphatic rings. The second kappa shape index (κ2) is 6.54. The molecule has 0 radical (unpaired) electrons. The third-order valence-corrected chi connectivity index (χ3v) is 1.10. The zero-order valence-electron chi connectivity index (χ0n) is 7.39. The summed E-state index contributed by atoms with van der Waals surface area (Å²) in [5, 5.41) is 5.29. The smallest absolute Gasteiger partial charge is 0.244 e. The Hall–Kier alpha value is -1.16. The molecule has 4 heteroatoms. The van der Waals surface area contributed by atoms with E-state index >= 15 is 0 Å². The van der Waals surface area contributed by atoms with Crippen LogP contribution in [0.3, 0.4) is 0 Å². The van der Waals surface area contributed by atoms with E-state index in [-0.39, 0.29) is 18.2 Å². The van der Waals surface area contributed by atoms with E-state index in [1.165, 1.54) is 13.0 Å². The van der Waals surface area contributed by atoms with Gasteiger partial charge in [-0.3, -0.25) is 9.59 Å². The van der Waals surface area contributed by atoms with Gasteiger partial charge in [0.15, 0.2) is 0 Å². The maximum atomic E-state index is 10.8. The summed E-state index contributed by atoms with van der Waals surface area (Å²) in [6, 6.07) is 0. The van der Waals surface area contributed by atoms with Crippen LogP contribution in [0, 0.1) is 0 Å². The number of carbonyl (C=O) groups is 2. The summed E-state index contributed by atoms with van der Waals surface area (Å²) in [5.41, 5.74) is 0. The summed E-state index contributed by atoms with van der Waals surface area (Å²) in [6.45, 7) is 2.17. The minimum Gasteiger partial charge on any atom is -0.345 e. The van der Waals surface area contributed by atoms with E-state index in [1.807, 2.05) is 0 Å². The Morgan fingerprint density at radius 3 is 2.58 bits per heavy atom. The molecule has 0 saturated heterocycles. The maximum Gasteiger partial charge on any atom is 0.244 e. The van der Waals surface area contributed by atoms with Crippen LogP contribution in [0.15, 0.2) is 12.2 Å². The van der Waals surface area contributed by atoms with Gasteiger partial charge in [-0.25, -0.2) is 0 Å². The SMILES string of the molecule is CNC/C=C/C(=O)NCC(C)=O. The molecule has 1 amide bonds. The normalized spacial score (nSPS) is 10.2. The van der Waals surface area contributed by atoms with Crippen LogP contribution in [-0.2, 0) is 9.59 Å². The van der Waals surface area contributed by atoms with Gasteiger partial charge in [0, 0.05) is 12.6 Å². The Bertz CT molecular complexity index is 187. The van der Waals surface area contributed by atoms with E-state index in [4.69, 9.17) is 0 Å². The number of carbonyl (C=O) groups excluding carboxylic acids is 2. The van der Waals surface area contributed by atoms with E-state index in [0.29, 0.717) is 6.54 Å². The minimum absolute atomic E-state index is 0.0506. The lowest BCUT2D eigenvalue weighted by molar-refractivity contribution is -0.121. The van der Waals surface area contributed by atoms with Crippen molar-refractivity contribution in [3.8, 4) is 0 Å². The molecule has 0 heterocycles. The zero-order chi connectivity index (χ0) is 9.40. The molecule has 0 atom stereocenters. The largest absolute Gasteiger partial charge is 0.345 e. The Labute approximate surface area is 72.0 Å². The molecule has 0 aromatic carbocycles. The first-order valence-electron chi connectivity index (χ1n) is 3.75. The van der Waals surface area contributed by atoms with Crippen LogP contribution in [0.2, 0.25) is 0 Å². The van der Waals surface area contributed by atoms with Gasteiger partial charge in [0.05, 0.1) is 6.54 Å². The van der Waals surface area contributed by atoms with Crippen LogP contribution in [0.25, 0.3) is 0 Å². The minimum atomic E-state index is -0.236. The lowest BCUT2D eigenvalue weighted by atomic mass is 10.4. The predicted octanol–water partition coefficient (Wildman–Crippen LogP) is -0.533. The van der Waals surface area contributed by atoms with Gasteiger partial charge in [-0.15, -0.1) is 0 Å². The molecular weight excluding hydrogens is 156 g/mol. The van der Waals surface area contributed by atoms with Crippen molar-refractivity contribution in [1.82, 2.24) is 10.6 Å². The van der Waals surface area contributed by atoms with Crippen molar-refractivity contribution in [3.05, 3.63) is 12.2 Å². The number of hydrogen-bond donors (Lipinski definition) is 2. The van der Waals surface area contributed by atoms with Crippen molar-refractivity contribution >= 4 is 11.7 Å². The second-order valence-corrected chi connectivity index (χ2v) is 2.38. The molecule has 2 N–H and O–H groups in total. The molecule has 0 aliphatic carbocycles. The monoisotopic (exact) mass is 170 g/mol. The van der Waals surface area contributed by atoms with E-state index in [2.05, 4.69) is 10.6 Å². The molecule has 0 aromatic heterocycles. The van der Waals surface area contributed by atoms with E-state index < -0.39 is 0 Å². The lowest BCUT2D eigenvalue weighted by Crippen LogP contribution is -2.26. The fraction of sp³-hybridized carbons (Fsp3) is 0.500. The average molecular weight is 170 g/mol. The number of likely N-dealkylation sites (N-methyl/N-ethyl adjacent to an activating group) is 1. The Balaban J connectivity index is 3.52. The third-order valence-electron chi connectivity index (χ3n) is 1.10. The Kier molecular flexibility index (Phi) is 5.91. The highest BCUT2D eigenvalue weighted by molar-refractivity contribution is 5.91. The van der Waals surface area contributed by atoms with Crippen molar-refractivity contribution in [2.24, 2.45) is 0 Å². The Morgan fingerprint density at radius 1 is 1.42 bits per heavy atom. The van der Waals surface area contributed by atoms with Crippen LogP contribution in [0.5, 0.6) is 0 Å². The zero-order valence-corrected chi connectivity index (χ0v) is 7.39. The average Bonchev–Trinajstić information content (AvgIpc) is 2.01. The molecule has 0 unspecified atom stereocenters. The second-order valence-electron chi connectivity index (χ2n) is 2.38. The summed E-state index contributed by atoms with van der Waals surface area (Å²) >= 11 is 0. The standard InChI is InChI=1S/C8H14N2O2/c1-7(11)6-10-8(12)4-3-5-9-2/h3-4,9H,5-6H2,1-2H3,(H,10,12)/b4-3+. The molecule has 0 aromatic rings. The first kappa shape index (κ1) is 10.8. The fourth-order valence-electron chi connectivity index (χ4n) is 0.554.